The van der Waals surface area contributed by atoms with Crippen molar-refractivity contribution in [3.8, 4) is 11.5 Å². The van der Waals surface area contributed by atoms with E-state index in [1.807, 2.05) is 0 Å². The Balaban J connectivity index is 1.80. The molecule has 2 aromatic heterocycles. The molecular formula is C12H12N6O2. The number of nitrogens with zero attached hydrogens (tertiary/aromatic N) is 3. The van der Waals surface area contributed by atoms with Crippen LogP contribution in [0.3, 0.4) is 0 Å². The molecule has 20 heavy (non-hydrogen) atoms. The third-order valence-corrected chi connectivity index (χ3v) is 2.80. The topological polar surface area (TPSA) is 133 Å². The summed E-state index contributed by atoms with van der Waals surface area (Å²) in [6, 6.07) is 4.55. The predicted octanol–water partition coefficient (Wildman–Crippen LogP) is 0.958. The molecule has 0 atom stereocenters. The van der Waals surface area contributed by atoms with E-state index in [2.05, 4.69) is 25.3 Å². The number of hydrogen-bond donors (Lipinski definition) is 5. The molecular weight excluding hydrogens is 260 g/mol. The standard InChI is InChI=1S/C12H12N6O2/c13-10-9-11(16-5-15-9)18-12(17-10)14-4-6-1-2-7(19)8(20)3-6/h1-3,5,19-20H,4H2,(H4,13,14,15,16,17,18). The van der Waals surface area contributed by atoms with E-state index in [0.29, 0.717) is 29.5 Å². The van der Waals surface area contributed by atoms with E-state index in [9.17, 15) is 10.2 Å². The van der Waals surface area contributed by atoms with Crippen LogP contribution in [0.15, 0.2) is 24.5 Å². The van der Waals surface area contributed by atoms with Crippen LogP contribution in [0.4, 0.5) is 11.8 Å². The van der Waals surface area contributed by atoms with Crippen LogP contribution in [0.5, 0.6) is 11.5 Å². The number of aromatic hydroxyl groups is 2. The lowest BCUT2D eigenvalue weighted by Crippen LogP contribution is -2.05. The minimum Gasteiger partial charge on any atom is -0.504 e. The van der Waals surface area contributed by atoms with Crippen LogP contribution in [0.1, 0.15) is 5.56 Å². The molecule has 8 heteroatoms. The molecule has 0 radical (unpaired) electrons. The number of hydrogen-bond acceptors (Lipinski definition) is 7. The maximum atomic E-state index is 9.41. The largest absolute Gasteiger partial charge is 0.504 e. The number of imidazole rings is 1. The second kappa shape index (κ2) is 4.57. The van der Waals surface area contributed by atoms with Gasteiger partial charge in [-0.3, -0.25) is 0 Å². The number of anilines is 2. The third kappa shape index (κ3) is 2.14. The van der Waals surface area contributed by atoms with Crippen LogP contribution in [0, 0.1) is 0 Å². The highest BCUT2D eigenvalue weighted by atomic mass is 16.3. The van der Waals surface area contributed by atoms with E-state index in [0.717, 1.165) is 5.56 Å². The Morgan fingerprint density at radius 3 is 2.85 bits per heavy atom. The van der Waals surface area contributed by atoms with Gasteiger partial charge in [0, 0.05) is 6.54 Å². The molecule has 0 aliphatic heterocycles. The molecule has 0 amide bonds. The summed E-state index contributed by atoms with van der Waals surface area (Å²) in [5, 5.41) is 21.6. The summed E-state index contributed by atoms with van der Waals surface area (Å²) in [6.07, 6.45) is 1.50. The maximum Gasteiger partial charge on any atom is 0.227 e. The molecule has 0 spiro atoms. The molecule has 6 N–H and O–H groups in total. The van der Waals surface area contributed by atoms with Crippen LogP contribution in [0.2, 0.25) is 0 Å². The predicted molar refractivity (Wildman–Crippen MR) is 73.2 cm³/mol. The van der Waals surface area contributed by atoms with Gasteiger partial charge in [0.1, 0.15) is 5.52 Å². The lowest BCUT2D eigenvalue weighted by atomic mass is 10.2. The molecule has 1 aromatic carbocycles. The number of aromatic amines is 1. The molecule has 2 heterocycles. The summed E-state index contributed by atoms with van der Waals surface area (Å²) in [5.41, 5.74) is 7.62. The number of phenols is 2. The van der Waals surface area contributed by atoms with Crippen LogP contribution >= 0.6 is 0 Å². The Morgan fingerprint density at radius 2 is 2.05 bits per heavy atom. The van der Waals surface area contributed by atoms with Crippen molar-refractivity contribution in [2.45, 2.75) is 6.54 Å². The van der Waals surface area contributed by atoms with Gasteiger partial charge in [0.25, 0.3) is 0 Å². The van der Waals surface area contributed by atoms with Crippen molar-refractivity contribution in [2.24, 2.45) is 0 Å². The van der Waals surface area contributed by atoms with Gasteiger partial charge >= 0.3 is 0 Å². The van der Waals surface area contributed by atoms with Crippen molar-refractivity contribution in [3.63, 3.8) is 0 Å². The van der Waals surface area contributed by atoms with Gasteiger partial charge in [0.05, 0.1) is 6.33 Å². The monoisotopic (exact) mass is 272 g/mol. The van der Waals surface area contributed by atoms with Crippen LogP contribution in [-0.2, 0) is 6.54 Å². The summed E-state index contributed by atoms with van der Waals surface area (Å²) in [6.45, 7) is 0.378. The van der Waals surface area contributed by atoms with Crippen LogP contribution in [0.25, 0.3) is 11.2 Å². The molecule has 3 rings (SSSR count). The van der Waals surface area contributed by atoms with Gasteiger partial charge in [-0.2, -0.15) is 9.97 Å². The van der Waals surface area contributed by atoms with Crippen molar-refractivity contribution < 1.29 is 10.2 Å². The smallest absolute Gasteiger partial charge is 0.227 e. The molecule has 0 bridgehead atoms. The molecule has 0 saturated carbocycles. The van der Waals surface area contributed by atoms with Crippen LogP contribution < -0.4 is 11.1 Å². The first kappa shape index (κ1) is 12.0. The fourth-order valence-electron chi connectivity index (χ4n) is 1.79. The second-order valence-corrected chi connectivity index (χ2v) is 4.21. The van der Waals surface area contributed by atoms with Gasteiger partial charge in [0.15, 0.2) is 23.0 Å². The van der Waals surface area contributed by atoms with E-state index in [1.165, 1.54) is 18.5 Å². The minimum atomic E-state index is -0.174. The lowest BCUT2D eigenvalue weighted by molar-refractivity contribution is 0.403. The first-order valence-corrected chi connectivity index (χ1v) is 5.85. The normalized spacial score (nSPS) is 10.8. The number of benzene rings is 1. The third-order valence-electron chi connectivity index (χ3n) is 2.80. The van der Waals surface area contributed by atoms with E-state index in [1.54, 1.807) is 6.07 Å². The zero-order valence-corrected chi connectivity index (χ0v) is 10.3. The first-order valence-electron chi connectivity index (χ1n) is 5.85. The van der Waals surface area contributed by atoms with E-state index < -0.39 is 0 Å². The zero-order chi connectivity index (χ0) is 14.1. The molecule has 0 unspecified atom stereocenters. The summed E-state index contributed by atoms with van der Waals surface area (Å²) < 4.78 is 0. The maximum absolute atomic E-state index is 9.41. The number of nitrogens with one attached hydrogen (secondary N) is 2. The SMILES string of the molecule is Nc1nc(NCc2ccc(O)c(O)c2)nc2nc[nH]c12. The van der Waals surface area contributed by atoms with Gasteiger partial charge in [0.2, 0.25) is 5.95 Å². The molecule has 0 fully saturated rings. The van der Waals surface area contributed by atoms with Crippen LogP contribution in [-0.4, -0.2) is 30.1 Å². The van der Waals surface area contributed by atoms with Crippen molar-refractivity contribution in [3.05, 3.63) is 30.1 Å². The number of nitrogen functional groups attached to an aromatic ring is 1. The van der Waals surface area contributed by atoms with Gasteiger partial charge in [-0.05, 0) is 17.7 Å². The zero-order valence-electron chi connectivity index (χ0n) is 10.3. The second-order valence-electron chi connectivity index (χ2n) is 4.21. The fraction of sp³-hybridized carbons (Fsp3) is 0.0833. The van der Waals surface area contributed by atoms with E-state index in [-0.39, 0.29) is 11.5 Å². The number of aromatic nitrogens is 4. The summed E-state index contributed by atoms with van der Waals surface area (Å²) in [7, 11) is 0. The highest BCUT2D eigenvalue weighted by Gasteiger charge is 2.07. The number of nitrogens with two attached hydrogens (primary N) is 1. The van der Waals surface area contributed by atoms with Gasteiger partial charge in [-0.25, -0.2) is 4.98 Å². The Labute approximate surface area is 113 Å². The fourth-order valence-corrected chi connectivity index (χ4v) is 1.79. The number of rotatable bonds is 3. The summed E-state index contributed by atoms with van der Waals surface area (Å²) in [5.74, 6) is 0.317. The number of H-pyrrole nitrogens is 1. The van der Waals surface area contributed by atoms with Gasteiger partial charge < -0.3 is 26.2 Å². The van der Waals surface area contributed by atoms with Gasteiger partial charge in [-0.1, -0.05) is 6.07 Å². The molecule has 3 aromatic rings. The first-order chi connectivity index (χ1) is 9.63. The van der Waals surface area contributed by atoms with Crippen molar-refractivity contribution >= 4 is 22.9 Å². The Bertz CT molecular complexity index is 770. The highest BCUT2D eigenvalue weighted by molar-refractivity contribution is 5.82. The number of phenolic OH excluding ortho intramolecular Hbond substituents is 2. The molecule has 8 nitrogen and oxygen atoms in total. The number of fused-ring (bicyclic) bond motifs is 1. The Hall–Kier alpha value is -3.03. The Kier molecular flexibility index (Phi) is 2.75. The van der Waals surface area contributed by atoms with Crippen molar-refractivity contribution in [1.29, 1.82) is 0 Å². The lowest BCUT2D eigenvalue weighted by Gasteiger charge is -2.06. The Morgan fingerprint density at radius 1 is 1.20 bits per heavy atom. The summed E-state index contributed by atoms with van der Waals surface area (Å²) in [4.78, 5) is 15.2. The van der Waals surface area contributed by atoms with Gasteiger partial charge in [-0.15, -0.1) is 0 Å². The minimum absolute atomic E-state index is 0.160. The van der Waals surface area contributed by atoms with E-state index in [4.69, 9.17) is 5.73 Å². The average Bonchev–Trinajstić information content (AvgIpc) is 2.89. The van der Waals surface area contributed by atoms with Crippen molar-refractivity contribution in [2.75, 3.05) is 11.1 Å². The van der Waals surface area contributed by atoms with Crippen molar-refractivity contribution in [1.82, 2.24) is 19.9 Å². The molecule has 102 valence electrons. The molecule has 0 saturated heterocycles. The van der Waals surface area contributed by atoms with E-state index >= 15 is 0 Å². The summed E-state index contributed by atoms with van der Waals surface area (Å²) >= 11 is 0. The quantitative estimate of drug-likeness (QED) is 0.448. The average molecular weight is 272 g/mol. The highest BCUT2D eigenvalue weighted by Crippen LogP contribution is 2.25. The molecule has 0 aliphatic carbocycles. The molecule has 0 aliphatic rings.